The first kappa shape index (κ1) is 9.85. The van der Waals surface area contributed by atoms with Crippen molar-refractivity contribution in [2.24, 2.45) is 0 Å². The molecule has 0 aliphatic carbocycles. The maximum Gasteiger partial charge on any atom is 0.147 e. The highest BCUT2D eigenvalue weighted by Gasteiger charge is 1.97. The van der Waals surface area contributed by atoms with E-state index in [2.05, 4.69) is 32.8 Å². The molecule has 1 rings (SSSR count). The number of rotatable bonds is 0. The molecule has 0 spiro atoms. The Balaban J connectivity index is 2.97. The van der Waals surface area contributed by atoms with Crippen LogP contribution in [0, 0.1) is 11.8 Å². The van der Waals surface area contributed by atoms with E-state index in [-0.39, 0.29) is 0 Å². The molecule has 0 saturated carbocycles. The summed E-state index contributed by atoms with van der Waals surface area (Å²) in [4.78, 5) is 3.85. The van der Waals surface area contributed by atoms with Crippen LogP contribution in [0.25, 0.3) is 0 Å². The van der Waals surface area contributed by atoms with Crippen LogP contribution in [-0.2, 0) is 0 Å². The van der Waals surface area contributed by atoms with E-state index in [1.165, 1.54) is 0 Å². The van der Waals surface area contributed by atoms with E-state index >= 15 is 0 Å². The van der Waals surface area contributed by atoms with E-state index in [1.807, 2.05) is 0 Å². The molecule has 0 saturated heterocycles. The Morgan fingerprint density at radius 1 is 1.50 bits per heavy atom. The highest BCUT2D eigenvalue weighted by atomic mass is 79.9. The van der Waals surface area contributed by atoms with Crippen LogP contribution in [0.15, 0.2) is 12.3 Å². The maximum absolute atomic E-state index is 5.72. The minimum absolute atomic E-state index is 0.307. The predicted molar refractivity (Wildman–Crippen MR) is 54.9 cm³/mol. The molecule has 62 valence electrons. The second kappa shape index (κ2) is 4.71. The minimum atomic E-state index is 0.307. The Labute approximate surface area is 89.2 Å². The molecule has 0 unspecified atom stereocenters. The first-order valence-corrected chi connectivity index (χ1v) is 4.97. The van der Waals surface area contributed by atoms with Crippen molar-refractivity contribution in [3.8, 4) is 11.8 Å². The zero-order valence-electron chi connectivity index (χ0n) is 5.94. The molecule has 0 bridgehead atoms. The molecule has 1 nitrogen and oxygen atoms in total. The number of hydrogen-bond donors (Lipinski definition) is 0. The molecule has 0 amide bonds. The summed E-state index contributed by atoms with van der Waals surface area (Å²) in [5.74, 6) is 5.70. The van der Waals surface area contributed by atoms with Crippen LogP contribution >= 0.6 is 39.1 Å². The van der Waals surface area contributed by atoms with Crippen molar-refractivity contribution < 1.29 is 0 Å². The zero-order valence-corrected chi connectivity index (χ0v) is 9.04. The molecular weight excluding hydrogens is 261 g/mol. The van der Waals surface area contributed by atoms with Gasteiger partial charge in [0.15, 0.2) is 0 Å². The average Bonchev–Trinajstić information content (AvgIpc) is 2.07. The average molecular weight is 265 g/mol. The van der Waals surface area contributed by atoms with Gasteiger partial charge in [0.25, 0.3) is 0 Å². The summed E-state index contributed by atoms with van der Waals surface area (Å²) in [7, 11) is 0. The maximum atomic E-state index is 5.72. The third kappa shape index (κ3) is 2.67. The van der Waals surface area contributed by atoms with Gasteiger partial charge in [-0.25, -0.2) is 4.98 Å². The van der Waals surface area contributed by atoms with Gasteiger partial charge < -0.3 is 0 Å². The summed E-state index contributed by atoms with van der Waals surface area (Å²) in [6.07, 6.45) is 1.59. The molecule has 0 fully saturated rings. The second-order valence-corrected chi connectivity index (χ2v) is 3.26. The fourth-order valence-corrected chi connectivity index (χ4v) is 1.03. The smallest absolute Gasteiger partial charge is 0.147 e. The molecule has 1 heterocycles. The van der Waals surface area contributed by atoms with E-state index in [9.17, 15) is 0 Å². The van der Waals surface area contributed by atoms with Crippen molar-refractivity contribution in [2.75, 3.05) is 5.33 Å². The normalized spacial score (nSPS) is 8.92. The lowest BCUT2D eigenvalue weighted by Crippen LogP contribution is -1.80. The molecule has 0 aliphatic rings. The van der Waals surface area contributed by atoms with Gasteiger partial charge in [-0.3, -0.25) is 0 Å². The zero-order chi connectivity index (χ0) is 8.97. The van der Waals surface area contributed by atoms with Crippen molar-refractivity contribution in [3.05, 3.63) is 28.0 Å². The predicted octanol–water partition coefficient (Wildman–Crippen LogP) is 3.13. The van der Waals surface area contributed by atoms with Crippen LogP contribution in [0.3, 0.4) is 0 Å². The van der Waals surface area contributed by atoms with Crippen molar-refractivity contribution in [3.63, 3.8) is 0 Å². The third-order valence-corrected chi connectivity index (χ3v) is 2.06. The van der Waals surface area contributed by atoms with E-state index in [0.717, 1.165) is 5.56 Å². The summed E-state index contributed by atoms with van der Waals surface area (Å²) in [5, 5.41) is 1.37. The van der Waals surface area contributed by atoms with Crippen LogP contribution in [0.4, 0.5) is 0 Å². The molecule has 1 aromatic heterocycles. The molecule has 0 aromatic carbocycles. The number of hydrogen-bond acceptors (Lipinski definition) is 1. The molecule has 1 aromatic rings. The van der Waals surface area contributed by atoms with Crippen molar-refractivity contribution >= 4 is 39.1 Å². The lowest BCUT2D eigenvalue weighted by atomic mass is 10.3. The fraction of sp³-hybridized carbons (Fsp3) is 0.125. The fourth-order valence-electron chi connectivity index (χ4n) is 0.625. The van der Waals surface area contributed by atoms with E-state index in [0.29, 0.717) is 15.5 Å². The Hall–Kier alpha value is -0.230. The largest absolute Gasteiger partial charge is 0.242 e. The Kier molecular flexibility index (Phi) is 3.87. The molecule has 0 N–H and O–H groups in total. The van der Waals surface area contributed by atoms with Gasteiger partial charge in [-0.05, 0) is 6.07 Å². The lowest BCUT2D eigenvalue weighted by Gasteiger charge is -1.93. The van der Waals surface area contributed by atoms with Crippen molar-refractivity contribution in [2.45, 2.75) is 0 Å². The van der Waals surface area contributed by atoms with Gasteiger partial charge in [-0.1, -0.05) is 51.0 Å². The second-order valence-electron chi connectivity index (χ2n) is 1.93. The molecule has 12 heavy (non-hydrogen) atoms. The van der Waals surface area contributed by atoms with E-state index < -0.39 is 0 Å². The van der Waals surface area contributed by atoms with Gasteiger partial charge in [-0.15, -0.1) is 0 Å². The summed E-state index contributed by atoms with van der Waals surface area (Å²) in [6, 6.07) is 1.69. The molecule has 0 aliphatic heterocycles. The Morgan fingerprint density at radius 2 is 2.25 bits per heavy atom. The number of halogens is 3. The lowest BCUT2D eigenvalue weighted by molar-refractivity contribution is 1.31. The number of alkyl halides is 1. The van der Waals surface area contributed by atoms with Gasteiger partial charge >= 0.3 is 0 Å². The van der Waals surface area contributed by atoms with Gasteiger partial charge in [0.2, 0.25) is 0 Å². The molecular formula is C8H4BrCl2N. The quantitative estimate of drug-likeness (QED) is 0.399. The molecule has 4 heteroatoms. The summed E-state index contributed by atoms with van der Waals surface area (Å²) in [5.41, 5.74) is 0.767. The van der Waals surface area contributed by atoms with Gasteiger partial charge in [0, 0.05) is 11.8 Å². The van der Waals surface area contributed by atoms with Crippen LogP contribution < -0.4 is 0 Å². The van der Waals surface area contributed by atoms with Crippen LogP contribution in [0.5, 0.6) is 0 Å². The first-order valence-electron chi connectivity index (χ1n) is 3.10. The standard InChI is InChI=1S/C8H4BrCl2N/c9-3-1-2-6-4-7(10)8(11)12-5-6/h4-5H,3H2. The molecule has 0 atom stereocenters. The third-order valence-electron chi connectivity index (χ3n) is 1.10. The van der Waals surface area contributed by atoms with Crippen LogP contribution in [0.2, 0.25) is 10.2 Å². The van der Waals surface area contributed by atoms with E-state index in [4.69, 9.17) is 23.2 Å². The topological polar surface area (TPSA) is 12.9 Å². The summed E-state index contributed by atoms with van der Waals surface area (Å²) >= 11 is 14.5. The van der Waals surface area contributed by atoms with Crippen molar-refractivity contribution in [1.82, 2.24) is 4.98 Å². The Morgan fingerprint density at radius 3 is 2.83 bits per heavy atom. The molecule has 0 radical (unpaired) electrons. The number of nitrogens with zero attached hydrogens (tertiary/aromatic N) is 1. The van der Waals surface area contributed by atoms with Gasteiger partial charge in [-0.2, -0.15) is 0 Å². The monoisotopic (exact) mass is 263 g/mol. The summed E-state index contributed by atoms with van der Waals surface area (Å²) < 4.78 is 0. The van der Waals surface area contributed by atoms with Crippen molar-refractivity contribution in [1.29, 1.82) is 0 Å². The van der Waals surface area contributed by atoms with Gasteiger partial charge in [0.05, 0.1) is 10.4 Å². The summed E-state index contributed by atoms with van der Waals surface area (Å²) in [6.45, 7) is 0. The first-order chi connectivity index (χ1) is 5.74. The highest BCUT2D eigenvalue weighted by Crippen LogP contribution is 2.18. The van der Waals surface area contributed by atoms with E-state index in [1.54, 1.807) is 12.3 Å². The number of pyridine rings is 1. The SMILES string of the molecule is Clc1cc(C#CCBr)cnc1Cl. The Bertz CT molecular complexity index is 341. The van der Waals surface area contributed by atoms with Crippen LogP contribution in [0.1, 0.15) is 5.56 Å². The van der Waals surface area contributed by atoms with Crippen LogP contribution in [-0.4, -0.2) is 10.3 Å². The van der Waals surface area contributed by atoms with Gasteiger partial charge in [0.1, 0.15) is 5.15 Å². The number of aromatic nitrogens is 1. The minimum Gasteiger partial charge on any atom is -0.242 e. The highest BCUT2D eigenvalue weighted by molar-refractivity contribution is 9.09.